The molecule has 0 unspecified atom stereocenters. The van der Waals surface area contributed by atoms with Crippen LogP contribution in [0, 0.1) is 6.92 Å². The van der Waals surface area contributed by atoms with Crippen LogP contribution in [0.15, 0.2) is 42.5 Å². The lowest BCUT2D eigenvalue weighted by Crippen LogP contribution is -2.49. The van der Waals surface area contributed by atoms with Crippen LogP contribution in [-0.2, 0) is 4.79 Å². The van der Waals surface area contributed by atoms with E-state index in [9.17, 15) is 9.59 Å². The van der Waals surface area contributed by atoms with Crippen LogP contribution in [0.5, 0.6) is 5.75 Å². The summed E-state index contributed by atoms with van der Waals surface area (Å²) in [6.07, 6.45) is 0. The molecule has 0 aliphatic heterocycles. The van der Waals surface area contributed by atoms with Gasteiger partial charge in [-0.25, -0.2) is 0 Å². The number of nitrogens with one attached hydrogen (secondary N) is 3. The number of thiocarbonyl (C=S) groups is 1. The molecule has 0 radical (unpaired) electrons. The van der Waals surface area contributed by atoms with E-state index in [-0.39, 0.29) is 17.3 Å². The molecule has 6 nitrogen and oxygen atoms in total. The topological polar surface area (TPSA) is 79.5 Å². The minimum atomic E-state index is -0.516. The number of hydrogen-bond acceptors (Lipinski definition) is 4. The van der Waals surface area contributed by atoms with E-state index in [1.165, 1.54) is 18.2 Å². The van der Waals surface area contributed by atoms with Crippen molar-refractivity contribution in [1.29, 1.82) is 0 Å². The molecule has 2 rings (SSSR count). The summed E-state index contributed by atoms with van der Waals surface area (Å²) in [5.74, 6) is -0.371. The number of halogens is 2. The van der Waals surface area contributed by atoms with E-state index < -0.39 is 11.8 Å². The summed E-state index contributed by atoms with van der Waals surface area (Å²) < 4.78 is 5.40. The van der Waals surface area contributed by atoms with Gasteiger partial charge >= 0.3 is 0 Å². The Morgan fingerprint density at radius 1 is 1.08 bits per heavy atom. The van der Waals surface area contributed by atoms with Gasteiger partial charge in [0.2, 0.25) is 0 Å². The lowest BCUT2D eigenvalue weighted by Gasteiger charge is -2.12. The maximum Gasteiger partial charge on any atom is 0.276 e. The molecule has 0 aromatic heterocycles. The predicted octanol–water partition coefficient (Wildman–Crippen LogP) is 3.02. The minimum absolute atomic E-state index is 0.0876. The predicted molar refractivity (Wildman–Crippen MR) is 104 cm³/mol. The highest BCUT2D eigenvalue weighted by Crippen LogP contribution is 2.19. The molecule has 0 saturated heterocycles. The maximum atomic E-state index is 12.1. The third-order valence-electron chi connectivity index (χ3n) is 3.12. The fraction of sp³-hybridized carbons (Fsp3) is 0.118. The first-order valence-corrected chi connectivity index (χ1v) is 8.56. The summed E-state index contributed by atoms with van der Waals surface area (Å²) >= 11 is 16.6. The summed E-state index contributed by atoms with van der Waals surface area (Å²) in [6, 6.07) is 11.7. The highest BCUT2D eigenvalue weighted by molar-refractivity contribution is 7.80. The first-order chi connectivity index (χ1) is 12.3. The Morgan fingerprint density at radius 2 is 1.73 bits per heavy atom. The third kappa shape index (κ3) is 6.18. The number of ether oxygens (including phenoxy) is 1. The maximum absolute atomic E-state index is 12.1. The molecule has 0 spiro atoms. The smallest absolute Gasteiger partial charge is 0.276 e. The first kappa shape index (κ1) is 20.0. The van der Waals surface area contributed by atoms with Gasteiger partial charge < -0.3 is 4.74 Å². The highest BCUT2D eigenvalue weighted by Gasteiger charge is 2.11. The second kappa shape index (κ2) is 9.38. The van der Waals surface area contributed by atoms with E-state index in [1.807, 2.05) is 25.1 Å². The Balaban J connectivity index is 1.78. The average Bonchev–Trinajstić information content (AvgIpc) is 2.58. The quantitative estimate of drug-likeness (QED) is 0.532. The Labute approximate surface area is 165 Å². The van der Waals surface area contributed by atoms with Gasteiger partial charge in [0, 0.05) is 15.6 Å². The largest absolute Gasteiger partial charge is 0.483 e. The van der Waals surface area contributed by atoms with Crippen molar-refractivity contribution in [2.45, 2.75) is 6.92 Å². The van der Waals surface area contributed by atoms with E-state index in [0.29, 0.717) is 15.8 Å². The van der Waals surface area contributed by atoms with Crippen molar-refractivity contribution in [3.63, 3.8) is 0 Å². The molecule has 2 aromatic carbocycles. The normalized spacial score (nSPS) is 9.96. The van der Waals surface area contributed by atoms with Gasteiger partial charge in [-0.2, -0.15) is 0 Å². The summed E-state index contributed by atoms with van der Waals surface area (Å²) in [5.41, 5.74) is 5.90. The van der Waals surface area contributed by atoms with Crippen LogP contribution in [-0.4, -0.2) is 23.5 Å². The van der Waals surface area contributed by atoms with Crippen LogP contribution in [0.4, 0.5) is 0 Å². The van der Waals surface area contributed by atoms with Crippen LogP contribution >= 0.6 is 35.4 Å². The number of aryl methyl sites for hydroxylation is 1. The Kier molecular flexibility index (Phi) is 7.20. The van der Waals surface area contributed by atoms with Crippen molar-refractivity contribution < 1.29 is 14.3 Å². The first-order valence-electron chi connectivity index (χ1n) is 7.40. The van der Waals surface area contributed by atoms with Gasteiger partial charge in [0.1, 0.15) is 5.75 Å². The van der Waals surface area contributed by atoms with Crippen LogP contribution in [0.25, 0.3) is 0 Å². The Hall–Kier alpha value is -2.35. The number of benzene rings is 2. The van der Waals surface area contributed by atoms with Gasteiger partial charge in [-0.15, -0.1) is 0 Å². The van der Waals surface area contributed by atoms with Crippen molar-refractivity contribution in [3.05, 3.63) is 63.6 Å². The second-order valence-corrected chi connectivity index (χ2v) is 6.45. The molecule has 0 aliphatic carbocycles. The number of hydrazine groups is 1. The van der Waals surface area contributed by atoms with E-state index in [2.05, 4.69) is 16.2 Å². The molecule has 3 N–H and O–H groups in total. The number of carbonyl (C=O) groups is 2. The van der Waals surface area contributed by atoms with Gasteiger partial charge in [0.05, 0.1) is 0 Å². The van der Waals surface area contributed by atoms with Crippen molar-refractivity contribution in [3.8, 4) is 5.75 Å². The Morgan fingerprint density at radius 3 is 2.38 bits per heavy atom. The molecule has 0 fully saturated rings. The molecule has 2 aromatic rings. The molecule has 0 bridgehead atoms. The molecule has 0 heterocycles. The van der Waals surface area contributed by atoms with Gasteiger partial charge in [-0.05, 0) is 49.0 Å². The molecule has 2 amide bonds. The van der Waals surface area contributed by atoms with Crippen LogP contribution < -0.4 is 20.9 Å². The van der Waals surface area contributed by atoms with E-state index in [4.69, 9.17) is 40.2 Å². The fourth-order valence-electron chi connectivity index (χ4n) is 1.92. The molecular formula is C17H15Cl2N3O3S. The zero-order chi connectivity index (χ0) is 19.1. The van der Waals surface area contributed by atoms with Gasteiger partial charge in [-0.1, -0.05) is 41.4 Å². The van der Waals surface area contributed by atoms with Crippen molar-refractivity contribution >= 4 is 52.3 Å². The number of para-hydroxylation sites is 1. The van der Waals surface area contributed by atoms with Crippen LogP contribution in [0.3, 0.4) is 0 Å². The lowest BCUT2D eigenvalue weighted by atomic mass is 10.2. The minimum Gasteiger partial charge on any atom is -0.483 e. The SMILES string of the molecule is Cc1ccccc1OCC(=O)NNC(=S)NC(=O)c1cc(Cl)cc(Cl)c1. The average molecular weight is 412 g/mol. The summed E-state index contributed by atoms with van der Waals surface area (Å²) in [4.78, 5) is 23.8. The number of carbonyl (C=O) groups excluding carboxylic acids is 2. The third-order valence-corrected chi connectivity index (χ3v) is 3.76. The van der Waals surface area contributed by atoms with Gasteiger partial charge in [-0.3, -0.25) is 25.8 Å². The summed E-state index contributed by atoms with van der Waals surface area (Å²) in [6.45, 7) is 1.66. The molecule has 136 valence electrons. The van der Waals surface area contributed by atoms with Gasteiger partial charge in [0.25, 0.3) is 11.8 Å². The van der Waals surface area contributed by atoms with E-state index in [0.717, 1.165) is 5.56 Å². The van der Waals surface area contributed by atoms with E-state index in [1.54, 1.807) is 6.07 Å². The van der Waals surface area contributed by atoms with Crippen molar-refractivity contribution in [2.75, 3.05) is 6.61 Å². The highest BCUT2D eigenvalue weighted by atomic mass is 35.5. The molecule has 0 aliphatic rings. The zero-order valence-electron chi connectivity index (χ0n) is 13.6. The van der Waals surface area contributed by atoms with Crippen molar-refractivity contribution in [1.82, 2.24) is 16.2 Å². The van der Waals surface area contributed by atoms with Crippen LogP contribution in [0.1, 0.15) is 15.9 Å². The monoisotopic (exact) mass is 411 g/mol. The number of hydrogen-bond donors (Lipinski definition) is 3. The molecular weight excluding hydrogens is 397 g/mol. The number of amides is 2. The lowest BCUT2D eigenvalue weighted by molar-refractivity contribution is -0.123. The molecule has 9 heteroatoms. The molecule has 0 saturated carbocycles. The summed E-state index contributed by atoms with van der Waals surface area (Å²) in [7, 11) is 0. The molecule has 0 atom stereocenters. The summed E-state index contributed by atoms with van der Waals surface area (Å²) in [5, 5.41) is 2.95. The standard InChI is InChI=1S/C17H15Cl2N3O3S/c1-10-4-2-3-5-14(10)25-9-15(23)21-22-17(26)20-16(24)11-6-12(18)8-13(19)7-11/h2-8H,9H2,1H3,(H,21,23)(H2,20,22,24,26). The van der Waals surface area contributed by atoms with Crippen molar-refractivity contribution in [2.24, 2.45) is 0 Å². The molecule has 26 heavy (non-hydrogen) atoms. The van der Waals surface area contributed by atoms with E-state index >= 15 is 0 Å². The van der Waals surface area contributed by atoms with Gasteiger partial charge in [0.15, 0.2) is 11.7 Å². The zero-order valence-corrected chi connectivity index (χ0v) is 16.0. The Bertz CT molecular complexity index is 826. The van der Waals surface area contributed by atoms with Crippen LogP contribution in [0.2, 0.25) is 10.0 Å². The second-order valence-electron chi connectivity index (χ2n) is 5.17. The number of rotatable bonds is 4. The fourth-order valence-corrected chi connectivity index (χ4v) is 2.59.